The monoisotopic (exact) mass is 613 g/mol. The first kappa shape index (κ1) is 29.4. The zero-order chi connectivity index (χ0) is 30.0. The maximum atomic E-state index is 10.9. The zero-order valence-corrected chi connectivity index (χ0v) is 24.7. The topological polar surface area (TPSA) is 166 Å². The van der Waals surface area contributed by atoms with E-state index in [1.165, 1.54) is 13.8 Å². The number of aromatic nitrogens is 8. The minimum atomic E-state index is -0.271. The van der Waals surface area contributed by atoms with Crippen molar-refractivity contribution in [2.24, 2.45) is 11.8 Å². The third-order valence-electron chi connectivity index (χ3n) is 6.90. The van der Waals surface area contributed by atoms with E-state index >= 15 is 0 Å². The first-order valence-corrected chi connectivity index (χ1v) is 14.0. The van der Waals surface area contributed by atoms with Crippen molar-refractivity contribution >= 4 is 63.4 Å². The summed E-state index contributed by atoms with van der Waals surface area (Å²) in [6.07, 6.45) is 13.3. The Hall–Kier alpha value is -4.10. The van der Waals surface area contributed by atoms with Crippen LogP contribution in [0.3, 0.4) is 0 Å². The molecule has 0 saturated heterocycles. The molecule has 0 aliphatic heterocycles. The second-order valence-electron chi connectivity index (χ2n) is 10.1. The van der Waals surface area contributed by atoms with Crippen molar-refractivity contribution in [3.63, 3.8) is 0 Å². The Kier molecular flexibility index (Phi) is 8.69. The predicted molar refractivity (Wildman–Crippen MR) is 156 cm³/mol. The van der Waals surface area contributed by atoms with Crippen molar-refractivity contribution in [1.29, 1.82) is 0 Å². The Morgan fingerprint density at radius 1 is 0.810 bits per heavy atom. The number of rotatable bonds is 6. The highest BCUT2D eigenvalue weighted by molar-refractivity contribution is 6.33. The summed E-state index contributed by atoms with van der Waals surface area (Å²) in [5, 5.41) is 0.615. The molecule has 0 unspecified atom stereocenters. The van der Waals surface area contributed by atoms with Gasteiger partial charge < -0.3 is 24.3 Å². The van der Waals surface area contributed by atoms with Gasteiger partial charge in [-0.2, -0.15) is 9.97 Å². The molecule has 2 aliphatic rings. The number of halogens is 2. The summed E-state index contributed by atoms with van der Waals surface area (Å²) in [6.45, 7) is 5.41. The highest BCUT2D eigenvalue weighted by atomic mass is 35.5. The molecule has 15 heteroatoms. The second kappa shape index (κ2) is 12.4. The lowest BCUT2D eigenvalue weighted by Gasteiger charge is -2.14. The van der Waals surface area contributed by atoms with Crippen LogP contribution in [0.4, 0.5) is 5.95 Å². The largest absolute Gasteiger partial charge is 0.465 e. The maximum absolute atomic E-state index is 10.9. The van der Waals surface area contributed by atoms with Crippen LogP contribution >= 0.6 is 23.2 Å². The zero-order valence-electron chi connectivity index (χ0n) is 23.1. The number of ether oxygens (including phenoxy) is 2. The summed E-state index contributed by atoms with van der Waals surface area (Å²) in [6, 6.07) is 0.224. The van der Waals surface area contributed by atoms with E-state index in [1.807, 2.05) is 21.3 Å². The Morgan fingerprint density at radius 3 is 1.79 bits per heavy atom. The van der Waals surface area contributed by atoms with Crippen LogP contribution in [-0.4, -0.2) is 64.2 Å². The van der Waals surface area contributed by atoms with Crippen LogP contribution < -0.4 is 5.73 Å². The Morgan fingerprint density at radius 2 is 1.29 bits per heavy atom. The molecule has 42 heavy (non-hydrogen) atoms. The molecule has 2 aliphatic carbocycles. The predicted octanol–water partition coefficient (Wildman–Crippen LogP) is 4.21. The van der Waals surface area contributed by atoms with E-state index in [-0.39, 0.29) is 47.0 Å². The molecule has 220 valence electrons. The molecule has 4 heterocycles. The summed E-state index contributed by atoms with van der Waals surface area (Å²) in [4.78, 5) is 46.9. The summed E-state index contributed by atoms with van der Waals surface area (Å²) in [5.74, 6) is 0.614. The number of hydrogen-bond acceptors (Lipinski definition) is 11. The molecule has 6 rings (SSSR count). The van der Waals surface area contributed by atoms with Crippen LogP contribution in [0.25, 0.3) is 22.3 Å². The van der Waals surface area contributed by atoms with Gasteiger partial charge in [-0.25, -0.2) is 19.9 Å². The van der Waals surface area contributed by atoms with Crippen molar-refractivity contribution < 1.29 is 19.1 Å². The number of imidazole rings is 2. The van der Waals surface area contributed by atoms with E-state index in [2.05, 4.69) is 42.1 Å². The summed E-state index contributed by atoms with van der Waals surface area (Å²) in [7, 11) is 0. The number of fused-ring (bicyclic) bond motifs is 2. The highest BCUT2D eigenvalue weighted by Gasteiger charge is 2.25. The van der Waals surface area contributed by atoms with Crippen molar-refractivity contribution in [1.82, 2.24) is 39.0 Å². The van der Waals surface area contributed by atoms with Gasteiger partial charge in [0.1, 0.15) is 16.9 Å². The molecule has 13 nitrogen and oxygen atoms in total. The quantitative estimate of drug-likeness (QED) is 0.188. The first-order chi connectivity index (χ1) is 20.1. The van der Waals surface area contributed by atoms with Gasteiger partial charge in [0.25, 0.3) is 0 Å². The molecule has 0 radical (unpaired) electrons. The standard InChI is InChI=1S/C14H15ClN4O2.C13H14ClN5O2/c1-8-17-13(15)12-14(18-8)19(7-16-12)11-4-3-10(5-11)6-21-9(2)20;1-7(20)21-5-8-2-3-9(4-8)19-6-16-10-11(14)17-13(15)18-12(10)19/h3-4,7,10-11H,5-6H2,1-2H3;2-3,6,8-9H,4-5H2,1H3,(H2,15,17,18)/t10-,11+;8-,9+/m11/s1. The summed E-state index contributed by atoms with van der Waals surface area (Å²) < 4.78 is 14.0. The number of carbonyl (C=O) groups is 2. The van der Waals surface area contributed by atoms with Crippen molar-refractivity contribution in [2.45, 2.75) is 45.7 Å². The van der Waals surface area contributed by atoms with Gasteiger partial charge in [0.15, 0.2) is 21.6 Å². The number of nitrogens with zero attached hydrogens (tertiary/aromatic N) is 8. The van der Waals surface area contributed by atoms with Gasteiger partial charge in [0.2, 0.25) is 5.95 Å². The van der Waals surface area contributed by atoms with E-state index in [0.29, 0.717) is 40.9 Å². The normalized spacial score (nSPS) is 21.1. The fourth-order valence-corrected chi connectivity index (χ4v) is 5.46. The molecule has 0 aromatic carbocycles. The number of nitrogen functional groups attached to an aromatic ring is 1. The Bertz CT molecular complexity index is 1580. The van der Waals surface area contributed by atoms with Crippen LogP contribution in [0.15, 0.2) is 37.0 Å². The molecule has 4 aromatic rings. The van der Waals surface area contributed by atoms with Gasteiger partial charge in [0.05, 0.1) is 38.0 Å². The molecule has 0 bridgehead atoms. The molecule has 4 atom stereocenters. The SMILES string of the molecule is CC(=O)OC[C@@H]1C=C[C@H](n2cnc3c(Cl)nc(C)nc32)C1.CC(=O)OC[C@@H]1C=C[C@H](n2cnc3c(Cl)nc(N)nc32)C1. The van der Waals surface area contributed by atoms with Gasteiger partial charge in [-0.15, -0.1) is 0 Å². The molecular formula is C27H29Cl2N9O4. The number of anilines is 1. The lowest BCUT2D eigenvalue weighted by atomic mass is 10.1. The highest BCUT2D eigenvalue weighted by Crippen LogP contribution is 2.32. The molecule has 0 spiro atoms. The van der Waals surface area contributed by atoms with Gasteiger partial charge in [-0.05, 0) is 19.8 Å². The number of nitrogens with two attached hydrogens (primary N) is 1. The maximum Gasteiger partial charge on any atom is 0.302 e. The second-order valence-corrected chi connectivity index (χ2v) is 10.8. The summed E-state index contributed by atoms with van der Waals surface area (Å²) in [5.41, 5.74) is 8.12. The molecule has 0 amide bonds. The van der Waals surface area contributed by atoms with Crippen molar-refractivity contribution in [3.05, 3.63) is 53.1 Å². The van der Waals surface area contributed by atoms with Gasteiger partial charge >= 0.3 is 11.9 Å². The molecular weight excluding hydrogens is 585 g/mol. The van der Waals surface area contributed by atoms with Crippen LogP contribution in [0.2, 0.25) is 10.3 Å². The first-order valence-electron chi connectivity index (χ1n) is 13.2. The van der Waals surface area contributed by atoms with Gasteiger partial charge in [-0.1, -0.05) is 47.5 Å². The van der Waals surface area contributed by atoms with Crippen LogP contribution in [0.1, 0.15) is 44.6 Å². The van der Waals surface area contributed by atoms with E-state index in [9.17, 15) is 9.59 Å². The fraction of sp³-hybridized carbons (Fsp3) is 0.407. The van der Waals surface area contributed by atoms with Crippen LogP contribution in [-0.2, 0) is 19.1 Å². The number of esters is 2. The summed E-state index contributed by atoms with van der Waals surface area (Å²) >= 11 is 12.1. The minimum absolute atomic E-state index is 0.0842. The number of hydrogen-bond donors (Lipinski definition) is 1. The van der Waals surface area contributed by atoms with E-state index in [1.54, 1.807) is 19.6 Å². The minimum Gasteiger partial charge on any atom is -0.465 e. The molecule has 4 aromatic heterocycles. The lowest BCUT2D eigenvalue weighted by molar-refractivity contribution is -0.142. The van der Waals surface area contributed by atoms with Crippen LogP contribution in [0, 0.1) is 18.8 Å². The Balaban J connectivity index is 0.000000168. The van der Waals surface area contributed by atoms with Crippen molar-refractivity contribution in [2.75, 3.05) is 18.9 Å². The fourth-order valence-electron chi connectivity index (χ4n) is 4.98. The number of aryl methyl sites for hydroxylation is 1. The van der Waals surface area contributed by atoms with Crippen LogP contribution in [0.5, 0.6) is 0 Å². The number of carbonyl (C=O) groups excluding carboxylic acids is 2. The van der Waals surface area contributed by atoms with Crippen molar-refractivity contribution in [3.8, 4) is 0 Å². The van der Waals surface area contributed by atoms with E-state index in [0.717, 1.165) is 18.5 Å². The third-order valence-corrected chi connectivity index (χ3v) is 7.43. The molecule has 0 saturated carbocycles. The Labute approximate surface area is 250 Å². The molecule has 2 N–H and O–H groups in total. The number of allylic oxidation sites excluding steroid dienone is 2. The smallest absolute Gasteiger partial charge is 0.302 e. The lowest BCUT2D eigenvalue weighted by Crippen LogP contribution is -2.12. The van der Waals surface area contributed by atoms with Gasteiger partial charge in [0, 0.05) is 25.7 Å². The average Bonchev–Trinajstić information content (AvgIpc) is 3.72. The van der Waals surface area contributed by atoms with E-state index in [4.69, 9.17) is 38.4 Å². The average molecular weight is 614 g/mol. The third kappa shape index (κ3) is 6.52. The molecule has 0 fully saturated rings. The van der Waals surface area contributed by atoms with E-state index < -0.39 is 0 Å². The van der Waals surface area contributed by atoms with Gasteiger partial charge in [-0.3, -0.25) is 9.59 Å².